The topological polar surface area (TPSA) is 90.9 Å². The number of fused-ring (bicyclic) bond motifs is 1. The molecular weight excluding hydrogens is 450 g/mol. The van der Waals surface area contributed by atoms with Crippen molar-refractivity contribution in [1.82, 2.24) is 24.6 Å². The predicted molar refractivity (Wildman–Crippen MR) is 137 cm³/mol. The lowest BCUT2D eigenvalue weighted by atomic mass is 10.1. The van der Waals surface area contributed by atoms with E-state index in [1.165, 1.54) is 0 Å². The predicted octanol–water partition coefficient (Wildman–Crippen LogP) is 4.23. The molecule has 1 amide bonds. The number of aromatic nitrogens is 4. The fourth-order valence-electron chi connectivity index (χ4n) is 5.00. The molecule has 0 spiro atoms. The van der Waals surface area contributed by atoms with Crippen molar-refractivity contribution in [3.8, 4) is 11.9 Å². The lowest BCUT2D eigenvalue weighted by Crippen LogP contribution is -2.35. The highest BCUT2D eigenvalue weighted by molar-refractivity contribution is 6.07. The Morgan fingerprint density at radius 1 is 1.06 bits per heavy atom. The SMILES string of the molecule is Cc1nn(-c2ccccn2)c2nc(C3CC3)cc(C(=O)N3CCCN(c4ccc(C#N)cc4)CC3)c12. The van der Waals surface area contributed by atoms with Crippen LogP contribution >= 0.6 is 0 Å². The van der Waals surface area contributed by atoms with Crippen LogP contribution in [-0.4, -0.2) is 56.7 Å². The Morgan fingerprint density at radius 2 is 1.89 bits per heavy atom. The zero-order valence-electron chi connectivity index (χ0n) is 20.3. The second kappa shape index (κ2) is 9.08. The van der Waals surface area contributed by atoms with E-state index in [2.05, 4.69) is 16.0 Å². The molecule has 4 aromatic rings. The molecule has 8 nitrogen and oxygen atoms in total. The first-order valence-electron chi connectivity index (χ1n) is 12.5. The van der Waals surface area contributed by atoms with E-state index in [4.69, 9.17) is 15.3 Å². The van der Waals surface area contributed by atoms with Crippen LogP contribution in [0.5, 0.6) is 0 Å². The monoisotopic (exact) mass is 477 g/mol. The van der Waals surface area contributed by atoms with Gasteiger partial charge in [-0.2, -0.15) is 15.0 Å². The molecule has 6 rings (SSSR count). The van der Waals surface area contributed by atoms with Gasteiger partial charge < -0.3 is 9.80 Å². The van der Waals surface area contributed by atoms with Gasteiger partial charge in [0.15, 0.2) is 11.5 Å². The normalized spacial score (nSPS) is 16.1. The van der Waals surface area contributed by atoms with E-state index in [0.29, 0.717) is 41.6 Å². The molecule has 2 aliphatic rings. The molecule has 0 N–H and O–H groups in total. The van der Waals surface area contributed by atoms with Crippen LogP contribution in [0.2, 0.25) is 0 Å². The van der Waals surface area contributed by atoms with E-state index in [-0.39, 0.29) is 5.91 Å². The van der Waals surface area contributed by atoms with E-state index in [0.717, 1.165) is 54.8 Å². The van der Waals surface area contributed by atoms with Gasteiger partial charge in [-0.3, -0.25) is 4.79 Å². The van der Waals surface area contributed by atoms with E-state index >= 15 is 0 Å². The third-order valence-corrected chi connectivity index (χ3v) is 7.07. The van der Waals surface area contributed by atoms with Crippen LogP contribution in [0.4, 0.5) is 5.69 Å². The van der Waals surface area contributed by atoms with Crippen LogP contribution in [0.1, 0.15) is 52.5 Å². The Hall–Kier alpha value is -4.25. The molecular formula is C28H27N7O. The Bertz CT molecular complexity index is 1470. The Labute approximate surface area is 209 Å². The van der Waals surface area contributed by atoms with Gasteiger partial charge in [0.2, 0.25) is 0 Å². The first-order valence-corrected chi connectivity index (χ1v) is 12.5. The highest BCUT2D eigenvalue weighted by atomic mass is 16.2. The average molecular weight is 478 g/mol. The van der Waals surface area contributed by atoms with Crippen molar-refractivity contribution < 1.29 is 4.79 Å². The van der Waals surface area contributed by atoms with E-state index in [1.54, 1.807) is 10.9 Å². The van der Waals surface area contributed by atoms with Crippen LogP contribution in [-0.2, 0) is 0 Å². The molecule has 3 aromatic heterocycles. The van der Waals surface area contributed by atoms with Crippen LogP contribution < -0.4 is 4.90 Å². The molecule has 1 aliphatic heterocycles. The summed E-state index contributed by atoms with van der Waals surface area (Å²) >= 11 is 0. The van der Waals surface area contributed by atoms with Gasteiger partial charge >= 0.3 is 0 Å². The summed E-state index contributed by atoms with van der Waals surface area (Å²) in [6.07, 6.45) is 4.83. The minimum Gasteiger partial charge on any atom is -0.370 e. The summed E-state index contributed by atoms with van der Waals surface area (Å²) in [7, 11) is 0. The molecule has 0 unspecified atom stereocenters. The number of anilines is 1. The van der Waals surface area contributed by atoms with Crippen molar-refractivity contribution >= 4 is 22.6 Å². The first-order chi connectivity index (χ1) is 17.6. The number of hydrogen-bond acceptors (Lipinski definition) is 6. The Morgan fingerprint density at radius 3 is 2.61 bits per heavy atom. The van der Waals surface area contributed by atoms with Gasteiger partial charge in [0.25, 0.3) is 5.91 Å². The summed E-state index contributed by atoms with van der Waals surface area (Å²) < 4.78 is 1.77. The Balaban J connectivity index is 1.33. The molecule has 1 aromatic carbocycles. The fraction of sp³-hybridized carbons (Fsp3) is 0.321. The number of hydrogen-bond donors (Lipinski definition) is 0. The van der Waals surface area contributed by atoms with Crippen molar-refractivity contribution in [2.24, 2.45) is 0 Å². The van der Waals surface area contributed by atoms with Gasteiger partial charge in [-0.15, -0.1) is 0 Å². The summed E-state index contributed by atoms with van der Waals surface area (Å²) in [5, 5.41) is 14.6. The number of rotatable bonds is 4. The van der Waals surface area contributed by atoms with Crippen LogP contribution in [0.15, 0.2) is 54.7 Å². The number of carbonyl (C=O) groups is 1. The van der Waals surface area contributed by atoms with Gasteiger partial charge in [-0.1, -0.05) is 6.07 Å². The number of aryl methyl sites for hydroxylation is 1. The second-order valence-electron chi connectivity index (χ2n) is 9.54. The van der Waals surface area contributed by atoms with Crippen molar-refractivity contribution in [1.29, 1.82) is 5.26 Å². The van der Waals surface area contributed by atoms with Crippen molar-refractivity contribution in [3.05, 3.63) is 77.2 Å². The summed E-state index contributed by atoms with van der Waals surface area (Å²) in [5.74, 6) is 1.14. The molecule has 1 saturated carbocycles. The standard InChI is InChI=1S/C28H27N7O/c1-19-26-23(17-24(21-8-9-21)31-27(26)35(32-19)25-5-2-3-12-30-25)28(36)34-14-4-13-33(15-16-34)22-10-6-20(18-29)7-11-22/h2-3,5-7,10-12,17,21H,4,8-9,13-16H2,1H3. The van der Waals surface area contributed by atoms with Crippen molar-refractivity contribution in [3.63, 3.8) is 0 Å². The maximum atomic E-state index is 14.0. The Kier molecular flexibility index (Phi) is 5.61. The van der Waals surface area contributed by atoms with Gasteiger partial charge in [0.05, 0.1) is 28.3 Å². The lowest BCUT2D eigenvalue weighted by Gasteiger charge is -2.24. The zero-order valence-corrected chi connectivity index (χ0v) is 20.3. The molecule has 0 radical (unpaired) electrons. The van der Waals surface area contributed by atoms with E-state index < -0.39 is 0 Å². The number of nitriles is 1. The molecule has 8 heteroatoms. The molecule has 4 heterocycles. The summed E-state index contributed by atoms with van der Waals surface area (Å²) in [5.41, 5.74) is 4.87. The molecule has 1 saturated heterocycles. The fourth-order valence-corrected chi connectivity index (χ4v) is 5.00. The molecule has 2 fully saturated rings. The largest absolute Gasteiger partial charge is 0.370 e. The molecule has 36 heavy (non-hydrogen) atoms. The molecule has 0 atom stereocenters. The van der Waals surface area contributed by atoms with Crippen LogP contribution in [0, 0.1) is 18.3 Å². The molecule has 1 aliphatic carbocycles. The van der Waals surface area contributed by atoms with E-state index in [1.807, 2.05) is 60.4 Å². The third-order valence-electron chi connectivity index (χ3n) is 7.07. The molecule has 180 valence electrons. The summed E-state index contributed by atoms with van der Waals surface area (Å²) in [6.45, 7) is 4.88. The second-order valence-corrected chi connectivity index (χ2v) is 9.54. The number of pyridine rings is 2. The highest BCUT2D eigenvalue weighted by Gasteiger charge is 2.31. The summed E-state index contributed by atoms with van der Waals surface area (Å²) in [6, 6.07) is 17.5. The van der Waals surface area contributed by atoms with Crippen LogP contribution in [0.3, 0.4) is 0 Å². The average Bonchev–Trinajstić information content (AvgIpc) is 3.75. The first kappa shape index (κ1) is 22.2. The molecule has 0 bridgehead atoms. The smallest absolute Gasteiger partial charge is 0.254 e. The van der Waals surface area contributed by atoms with Crippen molar-refractivity contribution in [2.45, 2.75) is 32.1 Å². The van der Waals surface area contributed by atoms with Gasteiger partial charge in [-0.05, 0) is 68.7 Å². The zero-order chi connectivity index (χ0) is 24.6. The third kappa shape index (κ3) is 4.07. The van der Waals surface area contributed by atoms with Crippen molar-refractivity contribution in [2.75, 3.05) is 31.1 Å². The maximum Gasteiger partial charge on any atom is 0.254 e. The number of amides is 1. The summed E-state index contributed by atoms with van der Waals surface area (Å²) in [4.78, 5) is 27.7. The number of carbonyl (C=O) groups excluding carboxylic acids is 1. The minimum atomic E-state index is 0.0367. The van der Waals surface area contributed by atoms with E-state index in [9.17, 15) is 4.79 Å². The van der Waals surface area contributed by atoms with Crippen LogP contribution in [0.25, 0.3) is 16.9 Å². The lowest BCUT2D eigenvalue weighted by molar-refractivity contribution is 0.0768. The van der Waals surface area contributed by atoms with Gasteiger partial charge in [0.1, 0.15) is 0 Å². The van der Waals surface area contributed by atoms with Gasteiger partial charge in [0, 0.05) is 49.7 Å². The van der Waals surface area contributed by atoms with Gasteiger partial charge in [-0.25, -0.2) is 9.97 Å². The highest BCUT2D eigenvalue weighted by Crippen LogP contribution is 2.41. The quantitative estimate of drug-likeness (QED) is 0.437. The minimum absolute atomic E-state index is 0.0367. The number of nitrogens with zero attached hydrogens (tertiary/aromatic N) is 7. The number of benzene rings is 1. The maximum absolute atomic E-state index is 14.0.